The van der Waals surface area contributed by atoms with Gasteiger partial charge in [-0.05, 0) is 11.1 Å². The molecule has 0 fully saturated rings. The lowest BCUT2D eigenvalue weighted by atomic mass is 10.1. The minimum absolute atomic E-state index is 0. The van der Waals surface area contributed by atoms with Crippen LogP contribution in [0.1, 0.15) is 17.2 Å². The molecule has 0 radical (unpaired) electrons. The van der Waals surface area contributed by atoms with Gasteiger partial charge in [0, 0.05) is 6.54 Å². The molecular weight excluding hydrogens is 244 g/mol. The summed E-state index contributed by atoms with van der Waals surface area (Å²) in [6.07, 6.45) is 0. The van der Waals surface area contributed by atoms with E-state index >= 15 is 0 Å². The predicted molar refractivity (Wildman–Crippen MR) is 75.3 cm³/mol. The van der Waals surface area contributed by atoms with Gasteiger partial charge in [-0.15, -0.1) is 12.4 Å². The Morgan fingerprint density at radius 1 is 0.944 bits per heavy atom. The van der Waals surface area contributed by atoms with Crippen LogP contribution >= 0.6 is 12.4 Å². The third-order valence-corrected chi connectivity index (χ3v) is 2.62. The highest BCUT2D eigenvalue weighted by atomic mass is 35.5. The molecule has 0 spiro atoms. The van der Waals surface area contributed by atoms with Gasteiger partial charge in [0.2, 0.25) is 0 Å². The molecule has 0 aromatic heterocycles. The van der Waals surface area contributed by atoms with Crippen LogP contribution in [-0.4, -0.2) is 0 Å². The molecule has 1 atom stereocenters. The number of nitriles is 1. The number of benzene rings is 2. The van der Waals surface area contributed by atoms with E-state index in [1.54, 1.807) is 0 Å². The molecule has 0 saturated heterocycles. The fourth-order valence-electron chi connectivity index (χ4n) is 1.70. The lowest BCUT2D eigenvalue weighted by Gasteiger charge is -2.11. The Hall–Kier alpha value is -1.82. The van der Waals surface area contributed by atoms with Crippen LogP contribution in [0.4, 0.5) is 0 Å². The van der Waals surface area contributed by atoms with Gasteiger partial charge in [0.1, 0.15) is 6.04 Å². The monoisotopic (exact) mass is 258 g/mol. The van der Waals surface area contributed by atoms with Crippen LogP contribution in [0.5, 0.6) is 0 Å². The van der Waals surface area contributed by atoms with Crippen LogP contribution in [0.2, 0.25) is 0 Å². The fourth-order valence-corrected chi connectivity index (χ4v) is 1.70. The molecule has 0 aliphatic heterocycles. The van der Waals surface area contributed by atoms with Crippen LogP contribution in [-0.2, 0) is 6.54 Å². The fraction of sp³-hybridized carbons (Fsp3) is 0.133. The van der Waals surface area contributed by atoms with Crippen LogP contribution in [0.15, 0.2) is 60.7 Å². The zero-order valence-corrected chi connectivity index (χ0v) is 10.7. The summed E-state index contributed by atoms with van der Waals surface area (Å²) in [4.78, 5) is 0. The Labute approximate surface area is 114 Å². The predicted octanol–water partition coefficient (Wildman–Crippen LogP) is 3.46. The van der Waals surface area contributed by atoms with E-state index in [0.717, 1.165) is 5.56 Å². The van der Waals surface area contributed by atoms with Gasteiger partial charge in [0.05, 0.1) is 6.07 Å². The molecule has 2 aromatic rings. The summed E-state index contributed by atoms with van der Waals surface area (Å²) >= 11 is 0. The second-order valence-corrected chi connectivity index (χ2v) is 3.84. The smallest absolute Gasteiger partial charge is 0.121 e. The Morgan fingerprint density at radius 3 is 2.06 bits per heavy atom. The first-order valence-corrected chi connectivity index (χ1v) is 5.62. The molecular formula is C15H15ClN2. The van der Waals surface area contributed by atoms with Crippen molar-refractivity contribution in [2.24, 2.45) is 0 Å². The number of hydrogen-bond donors (Lipinski definition) is 1. The topological polar surface area (TPSA) is 35.8 Å². The number of hydrogen-bond acceptors (Lipinski definition) is 2. The Morgan fingerprint density at radius 2 is 1.50 bits per heavy atom. The van der Waals surface area contributed by atoms with E-state index in [0.29, 0.717) is 6.54 Å². The summed E-state index contributed by atoms with van der Waals surface area (Å²) in [6.45, 7) is 0.702. The second kappa shape index (κ2) is 7.50. The van der Waals surface area contributed by atoms with Crippen molar-refractivity contribution >= 4 is 12.4 Å². The quantitative estimate of drug-likeness (QED) is 0.912. The maximum absolute atomic E-state index is 9.14. The summed E-state index contributed by atoms with van der Waals surface area (Å²) in [5.74, 6) is 0. The molecule has 0 amide bonds. The number of nitrogens with one attached hydrogen (secondary N) is 1. The van der Waals surface area contributed by atoms with Crippen molar-refractivity contribution in [3.63, 3.8) is 0 Å². The molecule has 0 bridgehead atoms. The van der Waals surface area contributed by atoms with E-state index < -0.39 is 0 Å². The Kier molecular flexibility index (Phi) is 5.93. The molecule has 18 heavy (non-hydrogen) atoms. The third-order valence-electron chi connectivity index (χ3n) is 2.62. The van der Waals surface area contributed by atoms with E-state index in [1.807, 2.05) is 60.7 Å². The average molecular weight is 259 g/mol. The van der Waals surface area contributed by atoms with Crippen LogP contribution in [0.3, 0.4) is 0 Å². The molecule has 0 heterocycles. The third kappa shape index (κ3) is 3.89. The zero-order chi connectivity index (χ0) is 11.9. The maximum Gasteiger partial charge on any atom is 0.121 e. The molecule has 2 aromatic carbocycles. The highest BCUT2D eigenvalue weighted by Crippen LogP contribution is 2.12. The van der Waals surface area contributed by atoms with Crippen molar-refractivity contribution in [2.45, 2.75) is 12.6 Å². The van der Waals surface area contributed by atoms with E-state index in [2.05, 4.69) is 11.4 Å². The van der Waals surface area contributed by atoms with Crippen molar-refractivity contribution < 1.29 is 0 Å². The Bertz CT molecular complexity index is 491. The van der Waals surface area contributed by atoms with Gasteiger partial charge < -0.3 is 0 Å². The zero-order valence-electron chi connectivity index (χ0n) is 9.91. The van der Waals surface area contributed by atoms with E-state index in [4.69, 9.17) is 5.26 Å². The highest BCUT2D eigenvalue weighted by molar-refractivity contribution is 5.85. The second-order valence-electron chi connectivity index (χ2n) is 3.84. The van der Waals surface area contributed by atoms with Gasteiger partial charge in [0.15, 0.2) is 0 Å². The summed E-state index contributed by atoms with van der Waals surface area (Å²) < 4.78 is 0. The van der Waals surface area contributed by atoms with Crippen molar-refractivity contribution in [3.8, 4) is 6.07 Å². The normalized spacial score (nSPS) is 11.1. The van der Waals surface area contributed by atoms with Crippen LogP contribution < -0.4 is 5.32 Å². The maximum atomic E-state index is 9.14. The molecule has 0 saturated carbocycles. The van der Waals surface area contributed by atoms with Gasteiger partial charge in [-0.25, -0.2) is 0 Å². The molecule has 2 rings (SSSR count). The molecule has 1 N–H and O–H groups in total. The summed E-state index contributed by atoms with van der Waals surface area (Å²) in [5, 5.41) is 12.4. The number of halogens is 1. The highest BCUT2D eigenvalue weighted by Gasteiger charge is 2.08. The van der Waals surface area contributed by atoms with Crippen molar-refractivity contribution in [1.82, 2.24) is 5.32 Å². The molecule has 2 nitrogen and oxygen atoms in total. The van der Waals surface area contributed by atoms with Gasteiger partial charge in [-0.2, -0.15) is 5.26 Å². The van der Waals surface area contributed by atoms with Gasteiger partial charge in [-0.3, -0.25) is 5.32 Å². The van der Waals surface area contributed by atoms with E-state index in [-0.39, 0.29) is 18.4 Å². The lowest BCUT2D eigenvalue weighted by Crippen LogP contribution is -2.19. The molecule has 0 aliphatic rings. The van der Waals surface area contributed by atoms with Gasteiger partial charge >= 0.3 is 0 Å². The van der Waals surface area contributed by atoms with Crippen molar-refractivity contribution in [2.75, 3.05) is 0 Å². The first-order valence-electron chi connectivity index (χ1n) is 5.62. The first-order chi connectivity index (χ1) is 8.40. The van der Waals surface area contributed by atoms with E-state index in [9.17, 15) is 0 Å². The van der Waals surface area contributed by atoms with Gasteiger partial charge in [0.25, 0.3) is 0 Å². The molecule has 92 valence electrons. The standard InChI is InChI=1S/C15H14N2.ClH/c16-11-15(14-9-5-2-6-10-14)17-12-13-7-3-1-4-8-13;/h1-10,15,17H,12H2;1H. The molecule has 1 unspecified atom stereocenters. The molecule has 3 heteroatoms. The number of rotatable bonds is 4. The summed E-state index contributed by atoms with van der Waals surface area (Å²) in [6, 6.07) is 21.9. The van der Waals surface area contributed by atoms with Gasteiger partial charge in [-0.1, -0.05) is 60.7 Å². The summed E-state index contributed by atoms with van der Waals surface area (Å²) in [5.41, 5.74) is 2.19. The first kappa shape index (κ1) is 14.2. The lowest BCUT2D eigenvalue weighted by molar-refractivity contribution is 0.630. The summed E-state index contributed by atoms with van der Waals surface area (Å²) in [7, 11) is 0. The average Bonchev–Trinajstić information content (AvgIpc) is 2.42. The molecule has 0 aliphatic carbocycles. The SMILES string of the molecule is Cl.N#CC(NCc1ccccc1)c1ccccc1. The minimum atomic E-state index is -0.253. The minimum Gasteiger partial charge on any atom is -0.294 e. The van der Waals surface area contributed by atoms with Crippen molar-refractivity contribution in [3.05, 3.63) is 71.8 Å². The largest absolute Gasteiger partial charge is 0.294 e. The van der Waals surface area contributed by atoms with Crippen LogP contribution in [0.25, 0.3) is 0 Å². The van der Waals surface area contributed by atoms with Crippen LogP contribution in [0, 0.1) is 11.3 Å². The van der Waals surface area contributed by atoms with E-state index in [1.165, 1.54) is 5.56 Å². The number of nitrogens with zero attached hydrogens (tertiary/aromatic N) is 1. The van der Waals surface area contributed by atoms with Crippen molar-refractivity contribution in [1.29, 1.82) is 5.26 Å². The Balaban J connectivity index is 0.00000162.